The van der Waals surface area contributed by atoms with E-state index in [9.17, 15) is 0 Å². The predicted molar refractivity (Wildman–Crippen MR) is 96.9 cm³/mol. The quantitative estimate of drug-likeness (QED) is 0.392. The van der Waals surface area contributed by atoms with Crippen LogP contribution in [0.1, 0.15) is 29.0 Å². The molecule has 20 heavy (non-hydrogen) atoms. The first-order chi connectivity index (χ1) is 9.52. The summed E-state index contributed by atoms with van der Waals surface area (Å²) < 4.78 is 7.88. The molecule has 4 heteroatoms. The van der Waals surface area contributed by atoms with E-state index in [1.807, 2.05) is 25.1 Å². The Balaban J connectivity index is 2.49. The number of rotatable bonds is 4. The minimum Gasteiger partial charge on any atom is -0.494 e. The Morgan fingerprint density at radius 3 is 2.65 bits per heavy atom. The minimum atomic E-state index is -0.236. The van der Waals surface area contributed by atoms with Gasteiger partial charge in [-0.2, -0.15) is 0 Å². The summed E-state index contributed by atoms with van der Waals surface area (Å²) >= 11 is 12.6. The van der Waals surface area contributed by atoms with Gasteiger partial charge in [0.15, 0.2) is 0 Å². The second kappa shape index (κ2) is 7.14. The monoisotopic (exact) mass is 464 g/mol. The highest BCUT2D eigenvalue weighted by molar-refractivity contribution is 14.1. The summed E-state index contributed by atoms with van der Waals surface area (Å²) in [5.74, 6) is 0.851. The molecule has 0 aliphatic rings. The van der Waals surface area contributed by atoms with E-state index in [0.717, 1.165) is 24.9 Å². The first-order valence-corrected chi connectivity index (χ1v) is 8.66. The van der Waals surface area contributed by atoms with Gasteiger partial charge < -0.3 is 4.74 Å². The van der Waals surface area contributed by atoms with E-state index in [-0.39, 0.29) is 5.38 Å². The van der Waals surface area contributed by atoms with E-state index >= 15 is 0 Å². The van der Waals surface area contributed by atoms with Crippen molar-refractivity contribution in [3.63, 3.8) is 0 Å². The van der Waals surface area contributed by atoms with Crippen molar-refractivity contribution in [2.45, 2.75) is 19.2 Å². The topological polar surface area (TPSA) is 9.23 Å². The van der Waals surface area contributed by atoms with Gasteiger partial charge in [0.05, 0.1) is 12.0 Å². The first-order valence-electron chi connectivity index (χ1n) is 6.35. The summed E-state index contributed by atoms with van der Waals surface area (Å²) in [7, 11) is 0. The molecular weight excluding hydrogens is 450 g/mol. The molecule has 0 aliphatic heterocycles. The molecule has 0 aliphatic carbocycles. The van der Waals surface area contributed by atoms with Crippen LogP contribution < -0.4 is 4.74 Å². The molecule has 0 saturated carbocycles. The van der Waals surface area contributed by atoms with Gasteiger partial charge in [-0.3, -0.25) is 0 Å². The number of aryl methyl sites for hydroxylation is 1. The van der Waals surface area contributed by atoms with Crippen molar-refractivity contribution in [3.8, 4) is 5.75 Å². The molecular formula is C16H15BrClIO. The highest BCUT2D eigenvalue weighted by Gasteiger charge is 2.18. The summed E-state index contributed by atoms with van der Waals surface area (Å²) in [6.45, 7) is 4.67. The molecule has 0 N–H and O–H groups in total. The molecule has 106 valence electrons. The Kier molecular flexibility index (Phi) is 5.75. The molecule has 0 bridgehead atoms. The predicted octanol–water partition coefficient (Wildman–Crippen LogP) is 6.09. The number of benzene rings is 2. The fourth-order valence-electron chi connectivity index (χ4n) is 2.03. The van der Waals surface area contributed by atoms with Crippen LogP contribution in [-0.4, -0.2) is 6.61 Å². The third kappa shape index (κ3) is 3.68. The van der Waals surface area contributed by atoms with Crippen LogP contribution in [-0.2, 0) is 0 Å². The van der Waals surface area contributed by atoms with Gasteiger partial charge in [-0.15, -0.1) is 11.6 Å². The summed E-state index contributed by atoms with van der Waals surface area (Å²) in [5, 5.41) is -0.236. The number of halogens is 3. The number of ether oxygens (including phenoxy) is 1. The zero-order valence-corrected chi connectivity index (χ0v) is 15.8. The lowest BCUT2D eigenvalue weighted by Gasteiger charge is -2.17. The molecule has 0 heterocycles. The van der Waals surface area contributed by atoms with Crippen molar-refractivity contribution < 1.29 is 4.74 Å². The number of hydrogen-bond donors (Lipinski definition) is 0. The fourth-order valence-corrected chi connectivity index (χ4v) is 3.50. The highest BCUT2D eigenvalue weighted by Crippen LogP contribution is 2.39. The van der Waals surface area contributed by atoms with Gasteiger partial charge in [0.25, 0.3) is 0 Å². The molecule has 1 unspecified atom stereocenters. The van der Waals surface area contributed by atoms with Crippen LogP contribution in [0.5, 0.6) is 5.75 Å². The Labute approximate surface area is 146 Å². The van der Waals surface area contributed by atoms with Crippen LogP contribution >= 0.6 is 50.1 Å². The summed E-state index contributed by atoms with van der Waals surface area (Å²) in [6.07, 6.45) is 0. The highest BCUT2D eigenvalue weighted by atomic mass is 127. The van der Waals surface area contributed by atoms with Crippen LogP contribution in [0.2, 0.25) is 0 Å². The zero-order chi connectivity index (χ0) is 14.7. The van der Waals surface area contributed by atoms with Crippen LogP contribution in [0.15, 0.2) is 40.9 Å². The lowest BCUT2D eigenvalue weighted by atomic mass is 10.0. The molecule has 0 fully saturated rings. The van der Waals surface area contributed by atoms with E-state index in [0.29, 0.717) is 6.61 Å². The maximum absolute atomic E-state index is 6.71. The van der Waals surface area contributed by atoms with Gasteiger partial charge in [-0.05, 0) is 66.3 Å². The minimum absolute atomic E-state index is 0.236. The third-order valence-corrected chi connectivity index (χ3v) is 4.83. The van der Waals surface area contributed by atoms with Crippen LogP contribution in [0.4, 0.5) is 0 Å². The molecule has 0 saturated heterocycles. The Morgan fingerprint density at radius 1 is 1.20 bits per heavy atom. The van der Waals surface area contributed by atoms with Crippen LogP contribution in [0, 0.1) is 10.5 Å². The van der Waals surface area contributed by atoms with Gasteiger partial charge in [-0.25, -0.2) is 0 Å². The van der Waals surface area contributed by atoms with Crippen LogP contribution in [0.25, 0.3) is 0 Å². The maximum Gasteiger partial charge on any atom is 0.124 e. The average molecular weight is 466 g/mol. The fraction of sp³-hybridized carbons (Fsp3) is 0.250. The van der Waals surface area contributed by atoms with Crippen molar-refractivity contribution in [2.75, 3.05) is 6.61 Å². The maximum atomic E-state index is 6.71. The number of hydrogen-bond acceptors (Lipinski definition) is 1. The van der Waals surface area contributed by atoms with Crippen LogP contribution in [0.3, 0.4) is 0 Å². The molecule has 2 rings (SSSR count). The third-order valence-electron chi connectivity index (χ3n) is 2.97. The molecule has 0 amide bonds. The second-order valence-corrected chi connectivity index (χ2v) is 7.04. The van der Waals surface area contributed by atoms with E-state index in [1.54, 1.807) is 0 Å². The van der Waals surface area contributed by atoms with Crippen molar-refractivity contribution >= 4 is 50.1 Å². The summed E-state index contributed by atoms with van der Waals surface area (Å²) in [5.41, 5.74) is 3.25. The average Bonchev–Trinajstić information content (AvgIpc) is 2.43. The van der Waals surface area contributed by atoms with E-state index in [2.05, 4.69) is 63.6 Å². The van der Waals surface area contributed by atoms with Crippen molar-refractivity contribution in [2.24, 2.45) is 0 Å². The molecule has 1 atom stereocenters. The molecule has 2 aromatic rings. The number of alkyl halides is 1. The van der Waals surface area contributed by atoms with Gasteiger partial charge >= 0.3 is 0 Å². The van der Waals surface area contributed by atoms with Gasteiger partial charge in [-0.1, -0.05) is 33.6 Å². The Morgan fingerprint density at radius 2 is 1.95 bits per heavy atom. The standard InChI is InChI=1S/C16H15BrClIO/c1-3-20-15-7-4-10(2)8-13(15)16(18)12-9-11(19)5-6-14(12)17/h4-9,16H,3H2,1-2H3. The van der Waals surface area contributed by atoms with E-state index in [4.69, 9.17) is 16.3 Å². The lowest BCUT2D eigenvalue weighted by Crippen LogP contribution is -2.01. The smallest absolute Gasteiger partial charge is 0.124 e. The molecule has 0 spiro atoms. The summed E-state index contributed by atoms with van der Waals surface area (Å²) in [4.78, 5) is 0. The Bertz CT molecular complexity index is 615. The van der Waals surface area contributed by atoms with Gasteiger partial charge in [0.1, 0.15) is 5.75 Å². The van der Waals surface area contributed by atoms with Crippen molar-refractivity contribution in [3.05, 3.63) is 61.1 Å². The summed E-state index contributed by atoms with van der Waals surface area (Å²) in [6, 6.07) is 12.3. The van der Waals surface area contributed by atoms with Crippen molar-refractivity contribution in [1.29, 1.82) is 0 Å². The SMILES string of the molecule is CCOc1ccc(C)cc1C(Cl)c1cc(I)ccc1Br. The lowest BCUT2D eigenvalue weighted by molar-refractivity contribution is 0.337. The molecule has 0 aromatic heterocycles. The zero-order valence-electron chi connectivity index (χ0n) is 11.3. The van der Waals surface area contributed by atoms with E-state index < -0.39 is 0 Å². The molecule has 1 nitrogen and oxygen atoms in total. The van der Waals surface area contributed by atoms with Gasteiger partial charge in [0.2, 0.25) is 0 Å². The Hall–Kier alpha value is -0.260. The van der Waals surface area contributed by atoms with Crippen molar-refractivity contribution in [1.82, 2.24) is 0 Å². The molecule has 2 aromatic carbocycles. The second-order valence-electron chi connectivity index (χ2n) is 4.50. The largest absolute Gasteiger partial charge is 0.494 e. The van der Waals surface area contributed by atoms with Gasteiger partial charge in [0, 0.05) is 13.6 Å². The normalized spacial score (nSPS) is 12.2. The van der Waals surface area contributed by atoms with E-state index in [1.165, 1.54) is 5.56 Å². The molecule has 0 radical (unpaired) electrons. The first kappa shape index (κ1) is 16.1.